The maximum Gasteiger partial charge on any atom is 0.278 e. The van der Waals surface area contributed by atoms with Crippen LogP contribution >= 0.6 is 11.3 Å². The molecular weight excluding hydrogens is 356 g/mol. The Labute approximate surface area is 152 Å². The number of amides is 1. The predicted octanol–water partition coefficient (Wildman–Crippen LogP) is 1.69. The van der Waals surface area contributed by atoms with Crippen molar-refractivity contribution < 1.29 is 9.53 Å². The zero-order valence-corrected chi connectivity index (χ0v) is 14.8. The van der Waals surface area contributed by atoms with Gasteiger partial charge in [-0.1, -0.05) is 28.7 Å². The van der Waals surface area contributed by atoms with Crippen molar-refractivity contribution in [3.8, 4) is 0 Å². The van der Waals surface area contributed by atoms with E-state index in [1.807, 2.05) is 0 Å². The molecule has 0 spiro atoms. The van der Waals surface area contributed by atoms with Gasteiger partial charge in [-0.05, 0) is 31.9 Å². The van der Waals surface area contributed by atoms with Gasteiger partial charge in [0.1, 0.15) is 22.7 Å². The molecule has 26 heavy (non-hydrogen) atoms. The molecule has 4 rings (SSSR count). The zero-order chi connectivity index (χ0) is 18.1. The van der Waals surface area contributed by atoms with Crippen LogP contribution in [0, 0.1) is 0 Å². The topological polar surface area (TPSA) is 112 Å². The van der Waals surface area contributed by atoms with Gasteiger partial charge in [0.15, 0.2) is 0 Å². The van der Waals surface area contributed by atoms with Crippen LogP contribution in [0.5, 0.6) is 0 Å². The van der Waals surface area contributed by atoms with E-state index in [2.05, 4.69) is 25.8 Å². The Morgan fingerprint density at radius 2 is 2.19 bits per heavy atom. The van der Waals surface area contributed by atoms with Crippen molar-refractivity contribution in [2.45, 2.75) is 31.9 Å². The van der Waals surface area contributed by atoms with Gasteiger partial charge in [-0.2, -0.15) is 4.68 Å². The van der Waals surface area contributed by atoms with Gasteiger partial charge in [0.25, 0.3) is 11.5 Å². The highest BCUT2D eigenvalue weighted by Gasteiger charge is 2.24. The van der Waals surface area contributed by atoms with Crippen LogP contribution in [0.2, 0.25) is 0 Å². The van der Waals surface area contributed by atoms with E-state index in [0.717, 1.165) is 22.5 Å². The van der Waals surface area contributed by atoms with Gasteiger partial charge >= 0.3 is 0 Å². The van der Waals surface area contributed by atoms with E-state index in [-0.39, 0.29) is 11.7 Å². The largest absolute Gasteiger partial charge is 0.371 e. The number of benzene rings is 1. The number of hydrogen-bond acceptors (Lipinski definition) is 8. The molecule has 0 aliphatic carbocycles. The summed E-state index contributed by atoms with van der Waals surface area (Å²) in [6, 6.07) is 6.04. The summed E-state index contributed by atoms with van der Waals surface area (Å²) in [7, 11) is 0. The molecule has 0 unspecified atom stereocenters. The zero-order valence-electron chi connectivity index (χ0n) is 14.0. The predicted molar refractivity (Wildman–Crippen MR) is 95.0 cm³/mol. The third-order valence-electron chi connectivity index (χ3n) is 4.21. The number of hydrogen-bond donors (Lipinski definition) is 1. The molecule has 1 aliphatic rings. The first-order valence-corrected chi connectivity index (χ1v) is 9.05. The Hall–Kier alpha value is -2.72. The molecule has 1 amide bonds. The van der Waals surface area contributed by atoms with Crippen LogP contribution in [0.3, 0.4) is 0 Å². The number of carbonyl (C=O) groups is 1. The van der Waals surface area contributed by atoms with E-state index in [1.54, 1.807) is 31.2 Å². The van der Waals surface area contributed by atoms with Crippen molar-refractivity contribution in [3.63, 3.8) is 0 Å². The quantitative estimate of drug-likeness (QED) is 0.741. The fourth-order valence-corrected chi connectivity index (χ4v) is 3.59. The van der Waals surface area contributed by atoms with Crippen molar-refractivity contribution in [2.24, 2.45) is 0 Å². The Morgan fingerprint density at radius 3 is 3.00 bits per heavy atom. The second kappa shape index (κ2) is 6.89. The summed E-state index contributed by atoms with van der Waals surface area (Å²) in [6.07, 6.45) is 1.85. The van der Waals surface area contributed by atoms with Gasteiger partial charge in [0.05, 0.1) is 5.39 Å². The summed E-state index contributed by atoms with van der Waals surface area (Å²) < 4.78 is 6.63. The highest BCUT2D eigenvalue weighted by atomic mass is 32.1. The molecule has 3 aromatic rings. The lowest BCUT2D eigenvalue weighted by molar-refractivity contribution is -0.119. The average Bonchev–Trinajstić information content (AvgIpc) is 3.33. The summed E-state index contributed by atoms with van der Waals surface area (Å²) in [5.74, 6) is -0.410. The summed E-state index contributed by atoms with van der Waals surface area (Å²) >= 11 is 1.28. The first kappa shape index (κ1) is 16.7. The second-order valence-electron chi connectivity index (χ2n) is 5.97. The molecule has 0 bridgehead atoms. The average molecular weight is 372 g/mol. The lowest BCUT2D eigenvalue weighted by atomic mass is 10.2. The molecular formula is C16H16N6O3S. The number of carbonyl (C=O) groups excluding carboxylic acids is 1. The van der Waals surface area contributed by atoms with Crippen molar-refractivity contribution in [2.75, 3.05) is 11.9 Å². The molecule has 1 N–H and O–H groups in total. The monoisotopic (exact) mass is 372 g/mol. The highest BCUT2D eigenvalue weighted by Crippen LogP contribution is 2.32. The van der Waals surface area contributed by atoms with Crippen molar-refractivity contribution in [1.82, 2.24) is 25.2 Å². The molecule has 1 fully saturated rings. The maximum absolute atomic E-state index is 12.5. The minimum atomic E-state index is -0.838. The Balaban J connectivity index is 1.53. The minimum absolute atomic E-state index is 0.0513. The second-order valence-corrected chi connectivity index (χ2v) is 6.98. The highest BCUT2D eigenvalue weighted by molar-refractivity contribution is 7.15. The van der Waals surface area contributed by atoms with Gasteiger partial charge in [-0.15, -0.1) is 15.3 Å². The summed E-state index contributed by atoms with van der Waals surface area (Å²) in [6.45, 7) is 2.30. The molecule has 1 saturated heterocycles. The molecule has 0 radical (unpaired) electrons. The molecule has 10 heteroatoms. The smallest absolute Gasteiger partial charge is 0.278 e. The molecule has 3 heterocycles. The first-order valence-electron chi connectivity index (χ1n) is 8.23. The standard InChI is InChI=1S/C16H16N6O3S/c1-9(22-15(24)10-5-2-3-6-11(10)18-21-22)13(23)17-16-20-19-14(26-16)12-7-4-8-25-12/h2-3,5-6,9,12H,4,7-8H2,1H3,(H,17,20,23)/t9-,12+/m0/s1. The van der Waals surface area contributed by atoms with Crippen molar-refractivity contribution >= 4 is 33.3 Å². The SMILES string of the molecule is C[C@@H](C(=O)Nc1nnc([C@H]2CCCO2)s1)n1nnc2ccccc2c1=O. The van der Waals surface area contributed by atoms with E-state index < -0.39 is 11.9 Å². The fraction of sp³-hybridized carbons (Fsp3) is 0.375. The van der Waals surface area contributed by atoms with E-state index in [1.165, 1.54) is 11.3 Å². The van der Waals surface area contributed by atoms with Crippen LogP contribution in [-0.2, 0) is 9.53 Å². The number of anilines is 1. The van der Waals surface area contributed by atoms with Crippen LogP contribution < -0.4 is 10.9 Å². The van der Waals surface area contributed by atoms with Crippen LogP contribution in [0.15, 0.2) is 29.1 Å². The third-order valence-corrected chi connectivity index (χ3v) is 5.14. The number of aromatic nitrogens is 5. The van der Waals surface area contributed by atoms with E-state index in [9.17, 15) is 9.59 Å². The third kappa shape index (κ3) is 3.08. The molecule has 0 saturated carbocycles. The molecule has 9 nitrogen and oxygen atoms in total. The molecule has 2 atom stereocenters. The van der Waals surface area contributed by atoms with Crippen molar-refractivity contribution in [1.29, 1.82) is 0 Å². The van der Waals surface area contributed by atoms with Crippen LogP contribution in [0.1, 0.15) is 36.9 Å². The number of ether oxygens (including phenoxy) is 1. The van der Waals surface area contributed by atoms with Gasteiger partial charge in [-0.25, -0.2) is 0 Å². The van der Waals surface area contributed by atoms with E-state index in [0.29, 0.717) is 22.6 Å². The molecule has 134 valence electrons. The van der Waals surface area contributed by atoms with Gasteiger partial charge in [-0.3, -0.25) is 14.9 Å². The molecule has 2 aromatic heterocycles. The van der Waals surface area contributed by atoms with Crippen molar-refractivity contribution in [3.05, 3.63) is 39.6 Å². The van der Waals surface area contributed by atoms with E-state index in [4.69, 9.17) is 4.74 Å². The normalized spacial score (nSPS) is 18.1. The first-order chi connectivity index (χ1) is 12.6. The number of fused-ring (bicyclic) bond motifs is 1. The summed E-state index contributed by atoms with van der Waals surface area (Å²) in [4.78, 5) is 25.0. The van der Waals surface area contributed by atoms with Gasteiger partial charge in [0.2, 0.25) is 5.13 Å². The summed E-state index contributed by atoms with van der Waals surface area (Å²) in [5.41, 5.74) is 0.127. The minimum Gasteiger partial charge on any atom is -0.371 e. The fourth-order valence-electron chi connectivity index (χ4n) is 2.76. The van der Waals surface area contributed by atoms with Crippen LogP contribution in [0.25, 0.3) is 10.9 Å². The van der Waals surface area contributed by atoms with Gasteiger partial charge in [0, 0.05) is 6.61 Å². The van der Waals surface area contributed by atoms with E-state index >= 15 is 0 Å². The lowest BCUT2D eigenvalue weighted by Gasteiger charge is -2.12. The van der Waals surface area contributed by atoms with Gasteiger partial charge < -0.3 is 4.74 Å². The number of rotatable bonds is 4. The Morgan fingerprint density at radius 1 is 1.35 bits per heavy atom. The number of nitrogens with one attached hydrogen (secondary N) is 1. The Bertz CT molecular complexity index is 1010. The Kier molecular flexibility index (Phi) is 4.43. The van der Waals surface area contributed by atoms with Crippen LogP contribution in [-0.4, -0.2) is 37.7 Å². The van der Waals surface area contributed by atoms with Crippen LogP contribution in [0.4, 0.5) is 5.13 Å². The lowest BCUT2D eigenvalue weighted by Crippen LogP contribution is -2.34. The molecule has 1 aliphatic heterocycles. The number of nitrogens with zero attached hydrogens (tertiary/aromatic N) is 5. The summed E-state index contributed by atoms with van der Waals surface area (Å²) in [5, 5.41) is 20.1. The maximum atomic E-state index is 12.5. The molecule has 1 aromatic carbocycles.